The summed E-state index contributed by atoms with van der Waals surface area (Å²) < 4.78 is 12.1. The third-order valence-electron chi connectivity index (χ3n) is 5.90. The predicted octanol–water partition coefficient (Wildman–Crippen LogP) is 4.92. The third-order valence-corrected chi connectivity index (χ3v) is 5.90. The normalized spacial score (nSPS) is 11.7. The van der Waals surface area contributed by atoms with Crippen LogP contribution < -0.4 is 10.2 Å². The minimum absolute atomic E-state index is 0.0888. The second-order valence-corrected chi connectivity index (χ2v) is 9.26. The van der Waals surface area contributed by atoms with E-state index >= 15 is 0 Å². The highest BCUT2D eigenvalue weighted by molar-refractivity contribution is 5.90. The summed E-state index contributed by atoms with van der Waals surface area (Å²) >= 11 is 0. The first kappa shape index (κ1) is 30.8. The lowest BCUT2D eigenvalue weighted by Gasteiger charge is -2.20. The Morgan fingerprint density at radius 1 is 0.927 bits per heavy atom. The molecule has 4 aromatic rings. The largest absolute Gasteiger partial charge is 0.491 e. The van der Waals surface area contributed by atoms with Crippen LogP contribution in [0.2, 0.25) is 0 Å². The second-order valence-electron chi connectivity index (χ2n) is 9.26. The first-order valence-electron chi connectivity index (χ1n) is 13.0. The number of hydrogen-bond donors (Lipinski definition) is 3. The number of carbonyl (C=O) groups is 2. The van der Waals surface area contributed by atoms with Gasteiger partial charge in [-0.15, -0.1) is 0 Å². The Labute approximate surface area is 237 Å². The molecule has 1 unspecified atom stereocenters. The molecule has 0 fully saturated rings. The summed E-state index contributed by atoms with van der Waals surface area (Å²) in [4.78, 5) is 34.7. The standard InChI is InChI=1S/C28H29NO4.C4H4O4/c1-3-16-29(2)18-22(30)19-32-23-14-15-24-25(17-23)33-28(21-12-8-5-9-13-21)26(27(24)31)20-10-6-4-7-11-20;5-3(6)1-2-4(7)8/h4-15,17,22,30H,3,16,18-19H2,1-2H3;1-2H,(H,5,6)(H,7,8). The van der Waals surface area contributed by atoms with Crippen molar-refractivity contribution >= 4 is 22.9 Å². The van der Waals surface area contributed by atoms with Gasteiger partial charge in [-0.1, -0.05) is 67.6 Å². The summed E-state index contributed by atoms with van der Waals surface area (Å²) in [5.74, 6) is -1.44. The van der Waals surface area contributed by atoms with E-state index in [9.17, 15) is 19.5 Å². The van der Waals surface area contributed by atoms with Crippen LogP contribution in [0.5, 0.6) is 5.75 Å². The Morgan fingerprint density at radius 3 is 2.07 bits per heavy atom. The Morgan fingerprint density at radius 2 is 1.51 bits per heavy atom. The van der Waals surface area contributed by atoms with Crippen LogP contribution in [-0.2, 0) is 9.59 Å². The summed E-state index contributed by atoms with van der Waals surface area (Å²) in [5.41, 5.74) is 2.54. The lowest BCUT2D eigenvalue weighted by Crippen LogP contribution is -2.33. The molecule has 1 heterocycles. The summed E-state index contributed by atoms with van der Waals surface area (Å²) in [6, 6.07) is 24.4. The van der Waals surface area contributed by atoms with Gasteiger partial charge in [0.25, 0.3) is 0 Å². The Balaban J connectivity index is 0.000000507. The molecule has 0 spiro atoms. The van der Waals surface area contributed by atoms with E-state index in [1.807, 2.05) is 67.7 Å². The first-order valence-corrected chi connectivity index (χ1v) is 13.0. The zero-order valence-corrected chi connectivity index (χ0v) is 22.9. The summed E-state index contributed by atoms with van der Waals surface area (Å²) in [6.45, 7) is 3.73. The maximum atomic E-state index is 13.5. The van der Waals surface area contributed by atoms with Gasteiger partial charge in [0.2, 0.25) is 5.43 Å². The van der Waals surface area contributed by atoms with Crippen molar-refractivity contribution in [1.29, 1.82) is 0 Å². The molecule has 0 bridgehead atoms. The second kappa shape index (κ2) is 15.2. The molecule has 9 heteroatoms. The predicted molar refractivity (Wildman–Crippen MR) is 157 cm³/mol. The number of carboxylic acids is 2. The molecular weight excluding hydrogens is 526 g/mol. The van der Waals surface area contributed by atoms with Gasteiger partial charge < -0.3 is 29.4 Å². The van der Waals surface area contributed by atoms with E-state index in [2.05, 4.69) is 11.8 Å². The topological polar surface area (TPSA) is 138 Å². The van der Waals surface area contributed by atoms with Gasteiger partial charge in [0.15, 0.2) is 0 Å². The number of aliphatic hydroxyl groups excluding tert-OH is 1. The number of ether oxygens (including phenoxy) is 1. The van der Waals surface area contributed by atoms with E-state index in [-0.39, 0.29) is 12.0 Å². The van der Waals surface area contributed by atoms with Gasteiger partial charge in [-0.25, -0.2) is 9.59 Å². The summed E-state index contributed by atoms with van der Waals surface area (Å²) in [6.07, 6.45) is 1.54. The maximum absolute atomic E-state index is 13.5. The Bertz CT molecular complexity index is 1510. The number of aliphatic carboxylic acids is 2. The lowest BCUT2D eigenvalue weighted by molar-refractivity contribution is -0.134. The van der Waals surface area contributed by atoms with Crippen molar-refractivity contribution in [3.8, 4) is 28.2 Å². The van der Waals surface area contributed by atoms with Gasteiger partial charge in [-0.2, -0.15) is 0 Å². The average Bonchev–Trinajstić information content (AvgIpc) is 2.96. The highest BCUT2D eigenvalue weighted by Crippen LogP contribution is 2.33. The highest BCUT2D eigenvalue weighted by Gasteiger charge is 2.18. The fraction of sp³-hybridized carbons (Fsp3) is 0.219. The van der Waals surface area contributed by atoms with Gasteiger partial charge >= 0.3 is 11.9 Å². The lowest BCUT2D eigenvalue weighted by atomic mass is 9.98. The monoisotopic (exact) mass is 559 g/mol. The number of hydrogen-bond acceptors (Lipinski definition) is 7. The van der Waals surface area contributed by atoms with Gasteiger partial charge in [0, 0.05) is 30.3 Å². The maximum Gasteiger partial charge on any atom is 0.328 e. The Hall–Kier alpha value is -4.73. The molecule has 214 valence electrons. The molecule has 3 aromatic carbocycles. The molecule has 0 amide bonds. The number of rotatable bonds is 11. The minimum atomic E-state index is -1.26. The van der Waals surface area contributed by atoms with Crippen LogP contribution in [0, 0.1) is 0 Å². The number of fused-ring (bicyclic) bond motifs is 1. The first-order chi connectivity index (χ1) is 19.7. The van der Waals surface area contributed by atoms with Crippen molar-refractivity contribution in [1.82, 2.24) is 4.90 Å². The molecule has 3 N–H and O–H groups in total. The zero-order valence-electron chi connectivity index (χ0n) is 22.9. The van der Waals surface area contributed by atoms with Crippen LogP contribution in [-0.4, -0.2) is 65.0 Å². The SMILES string of the molecule is CCCN(C)CC(O)COc1ccc2c(=O)c(-c3ccccc3)c(-c3ccccc3)oc2c1.O=C(O)C=CC(=O)O. The molecule has 41 heavy (non-hydrogen) atoms. The van der Waals surface area contributed by atoms with Gasteiger partial charge in [-0.05, 0) is 37.7 Å². The van der Waals surface area contributed by atoms with Crippen LogP contribution in [0.3, 0.4) is 0 Å². The Kier molecular flexibility index (Phi) is 11.4. The quantitative estimate of drug-likeness (QED) is 0.219. The molecule has 9 nitrogen and oxygen atoms in total. The van der Waals surface area contributed by atoms with Crippen LogP contribution >= 0.6 is 0 Å². The zero-order chi connectivity index (χ0) is 29.8. The van der Waals surface area contributed by atoms with Crippen molar-refractivity contribution in [2.75, 3.05) is 26.7 Å². The number of benzene rings is 3. The van der Waals surface area contributed by atoms with E-state index in [4.69, 9.17) is 19.4 Å². The van der Waals surface area contributed by atoms with Crippen LogP contribution in [0.15, 0.2) is 100 Å². The fourth-order valence-electron chi connectivity index (χ4n) is 4.14. The number of nitrogens with zero attached hydrogens (tertiary/aromatic N) is 1. The number of carboxylic acid groups (broad SMARTS) is 2. The molecule has 0 saturated heterocycles. The molecule has 0 aliphatic rings. The highest BCUT2D eigenvalue weighted by atomic mass is 16.5. The summed E-state index contributed by atoms with van der Waals surface area (Å²) in [5, 5.41) is 26.4. The van der Waals surface area contributed by atoms with Crippen LogP contribution in [0.1, 0.15) is 13.3 Å². The fourth-order valence-corrected chi connectivity index (χ4v) is 4.14. The molecule has 0 aliphatic carbocycles. The molecule has 0 saturated carbocycles. The van der Waals surface area contributed by atoms with Crippen LogP contribution in [0.4, 0.5) is 0 Å². The summed E-state index contributed by atoms with van der Waals surface area (Å²) in [7, 11) is 1.98. The number of likely N-dealkylation sites (N-methyl/N-ethyl adjacent to an activating group) is 1. The van der Waals surface area contributed by atoms with Crippen molar-refractivity contribution in [2.24, 2.45) is 0 Å². The molecule has 0 aliphatic heterocycles. The third kappa shape index (κ3) is 9.16. The molecule has 1 aromatic heterocycles. The van der Waals surface area contributed by atoms with E-state index < -0.39 is 18.0 Å². The van der Waals surface area contributed by atoms with E-state index in [1.54, 1.807) is 18.2 Å². The van der Waals surface area contributed by atoms with E-state index in [1.165, 1.54) is 0 Å². The van der Waals surface area contributed by atoms with Gasteiger partial charge in [0.05, 0.1) is 10.9 Å². The smallest absolute Gasteiger partial charge is 0.328 e. The molecule has 1 atom stereocenters. The molecule has 0 radical (unpaired) electrons. The van der Waals surface area contributed by atoms with Gasteiger partial charge in [0.1, 0.15) is 29.8 Å². The van der Waals surface area contributed by atoms with Crippen molar-refractivity contribution in [2.45, 2.75) is 19.4 Å². The van der Waals surface area contributed by atoms with Crippen molar-refractivity contribution < 1.29 is 34.1 Å². The van der Waals surface area contributed by atoms with Crippen molar-refractivity contribution in [3.05, 3.63) is 101 Å². The molecular formula is C32H33NO8. The van der Waals surface area contributed by atoms with Gasteiger partial charge in [-0.3, -0.25) is 4.79 Å². The van der Waals surface area contributed by atoms with Crippen molar-refractivity contribution in [3.63, 3.8) is 0 Å². The van der Waals surface area contributed by atoms with E-state index in [0.29, 0.717) is 46.7 Å². The average molecular weight is 560 g/mol. The van der Waals surface area contributed by atoms with E-state index in [0.717, 1.165) is 24.1 Å². The van der Waals surface area contributed by atoms with Crippen LogP contribution in [0.25, 0.3) is 33.4 Å². The minimum Gasteiger partial charge on any atom is -0.491 e. The number of aliphatic hydroxyl groups is 1. The molecule has 4 rings (SSSR count).